The van der Waals surface area contributed by atoms with E-state index in [4.69, 9.17) is 4.74 Å². The lowest BCUT2D eigenvalue weighted by Gasteiger charge is -2.27. The highest BCUT2D eigenvalue weighted by Crippen LogP contribution is 1.99. The fraction of sp³-hybridized carbons (Fsp3) is 0.917. The molecule has 0 aromatic heterocycles. The molecule has 1 aliphatic heterocycles. The van der Waals surface area contributed by atoms with E-state index >= 15 is 0 Å². The van der Waals surface area contributed by atoms with Crippen LogP contribution in [-0.2, 0) is 9.53 Å². The number of ether oxygens (including phenoxy) is 1. The Kier molecular flexibility index (Phi) is 7.17. The summed E-state index contributed by atoms with van der Waals surface area (Å²) in [7, 11) is 0. The summed E-state index contributed by atoms with van der Waals surface area (Å²) < 4.78 is 5.43. The lowest BCUT2D eigenvalue weighted by Crippen LogP contribution is -2.46. The fourth-order valence-electron chi connectivity index (χ4n) is 1.79. The van der Waals surface area contributed by atoms with Crippen LogP contribution in [0.3, 0.4) is 0 Å². The number of amides is 1. The molecular formula is C12H24N2O2. The Morgan fingerprint density at radius 1 is 1.25 bits per heavy atom. The van der Waals surface area contributed by atoms with Crippen molar-refractivity contribution in [1.82, 2.24) is 10.2 Å². The Balaban J connectivity index is 1.97. The Morgan fingerprint density at radius 3 is 2.69 bits per heavy atom. The van der Waals surface area contributed by atoms with Gasteiger partial charge >= 0.3 is 0 Å². The van der Waals surface area contributed by atoms with Crippen molar-refractivity contribution in [2.24, 2.45) is 0 Å². The summed E-state index contributed by atoms with van der Waals surface area (Å²) in [4.78, 5) is 13.6. The molecule has 1 rings (SSSR count). The molecule has 0 aromatic rings. The maximum Gasteiger partial charge on any atom is 0.224 e. The molecule has 1 N–H and O–H groups in total. The van der Waals surface area contributed by atoms with Crippen molar-refractivity contribution in [3.8, 4) is 0 Å². The van der Waals surface area contributed by atoms with Gasteiger partial charge in [-0.1, -0.05) is 19.8 Å². The van der Waals surface area contributed by atoms with Crippen LogP contribution in [0, 0.1) is 0 Å². The molecule has 0 aliphatic carbocycles. The van der Waals surface area contributed by atoms with E-state index in [0.717, 1.165) is 39.2 Å². The highest BCUT2D eigenvalue weighted by Gasteiger charge is 2.15. The van der Waals surface area contributed by atoms with E-state index in [-0.39, 0.29) is 5.91 Å². The quantitative estimate of drug-likeness (QED) is 0.661. The summed E-state index contributed by atoms with van der Waals surface area (Å²) in [6, 6.07) is 0. The van der Waals surface area contributed by atoms with Gasteiger partial charge in [0.05, 0.1) is 13.0 Å². The summed E-state index contributed by atoms with van der Waals surface area (Å²) >= 11 is 0. The normalized spacial score (nSPS) is 16.4. The molecule has 0 saturated carbocycles. The van der Waals surface area contributed by atoms with E-state index < -0.39 is 0 Å². The van der Waals surface area contributed by atoms with Crippen LogP contribution in [0.5, 0.6) is 0 Å². The highest BCUT2D eigenvalue weighted by atomic mass is 16.5. The first kappa shape index (κ1) is 13.5. The minimum Gasteiger partial charge on any atom is -0.381 e. The molecule has 1 amide bonds. The standard InChI is InChI=1S/C12H24N2O2/c1-2-3-4-10-16-11-5-12(15)14-8-6-13-7-9-14/h13H,2-11H2,1H3. The Labute approximate surface area is 98.3 Å². The van der Waals surface area contributed by atoms with Crippen LogP contribution in [0.4, 0.5) is 0 Å². The summed E-state index contributed by atoms with van der Waals surface area (Å²) in [5.74, 6) is 0.233. The SMILES string of the molecule is CCCCCOCCC(=O)N1CCNCC1. The molecule has 0 unspecified atom stereocenters. The molecule has 1 fully saturated rings. The summed E-state index contributed by atoms with van der Waals surface area (Å²) in [5.41, 5.74) is 0. The molecule has 94 valence electrons. The lowest BCUT2D eigenvalue weighted by molar-refractivity contribution is -0.132. The minimum atomic E-state index is 0.233. The van der Waals surface area contributed by atoms with Gasteiger partial charge in [0.1, 0.15) is 0 Å². The molecule has 0 radical (unpaired) electrons. The second-order valence-electron chi connectivity index (χ2n) is 4.20. The molecule has 1 heterocycles. The number of unbranched alkanes of at least 4 members (excludes halogenated alkanes) is 2. The van der Waals surface area contributed by atoms with E-state index in [1.807, 2.05) is 4.90 Å². The van der Waals surface area contributed by atoms with Gasteiger partial charge in [0.2, 0.25) is 5.91 Å². The summed E-state index contributed by atoms with van der Waals surface area (Å²) in [6.45, 7) is 7.07. The first-order valence-corrected chi connectivity index (χ1v) is 6.41. The van der Waals surface area contributed by atoms with Crippen LogP contribution in [-0.4, -0.2) is 50.2 Å². The molecule has 16 heavy (non-hydrogen) atoms. The fourth-order valence-corrected chi connectivity index (χ4v) is 1.79. The molecule has 1 aliphatic rings. The van der Waals surface area contributed by atoms with E-state index in [0.29, 0.717) is 13.0 Å². The summed E-state index contributed by atoms with van der Waals surface area (Å²) in [6.07, 6.45) is 4.07. The second-order valence-corrected chi connectivity index (χ2v) is 4.20. The van der Waals surface area contributed by atoms with Gasteiger partial charge in [0.15, 0.2) is 0 Å². The third-order valence-corrected chi connectivity index (χ3v) is 2.82. The van der Waals surface area contributed by atoms with Crippen molar-refractivity contribution < 1.29 is 9.53 Å². The first-order valence-electron chi connectivity index (χ1n) is 6.41. The van der Waals surface area contributed by atoms with Crippen LogP contribution in [0.15, 0.2) is 0 Å². The van der Waals surface area contributed by atoms with Crippen molar-refractivity contribution in [2.75, 3.05) is 39.4 Å². The van der Waals surface area contributed by atoms with Gasteiger partial charge in [0, 0.05) is 32.8 Å². The van der Waals surface area contributed by atoms with Crippen LogP contribution < -0.4 is 5.32 Å². The molecule has 0 aromatic carbocycles. The number of nitrogens with zero attached hydrogens (tertiary/aromatic N) is 1. The van der Waals surface area contributed by atoms with Crippen molar-refractivity contribution in [3.63, 3.8) is 0 Å². The van der Waals surface area contributed by atoms with E-state index in [1.165, 1.54) is 12.8 Å². The van der Waals surface area contributed by atoms with E-state index in [9.17, 15) is 4.79 Å². The number of carbonyl (C=O) groups excluding carboxylic acids is 1. The summed E-state index contributed by atoms with van der Waals surface area (Å²) in [5, 5.41) is 3.23. The number of rotatable bonds is 7. The van der Waals surface area contributed by atoms with Crippen LogP contribution in [0.2, 0.25) is 0 Å². The number of carbonyl (C=O) groups is 1. The minimum absolute atomic E-state index is 0.233. The Morgan fingerprint density at radius 2 is 2.00 bits per heavy atom. The zero-order valence-corrected chi connectivity index (χ0v) is 10.3. The smallest absolute Gasteiger partial charge is 0.224 e. The van der Waals surface area contributed by atoms with Crippen LogP contribution in [0.25, 0.3) is 0 Å². The molecule has 0 spiro atoms. The van der Waals surface area contributed by atoms with Crippen molar-refractivity contribution in [3.05, 3.63) is 0 Å². The van der Waals surface area contributed by atoms with Gasteiger partial charge in [-0.2, -0.15) is 0 Å². The average molecular weight is 228 g/mol. The van der Waals surface area contributed by atoms with Gasteiger partial charge < -0.3 is 15.0 Å². The molecule has 0 atom stereocenters. The monoisotopic (exact) mass is 228 g/mol. The number of piperazine rings is 1. The largest absolute Gasteiger partial charge is 0.381 e. The topological polar surface area (TPSA) is 41.6 Å². The number of hydrogen-bond donors (Lipinski definition) is 1. The molecule has 4 heteroatoms. The van der Waals surface area contributed by atoms with Crippen LogP contribution in [0.1, 0.15) is 32.6 Å². The zero-order valence-electron chi connectivity index (χ0n) is 10.3. The van der Waals surface area contributed by atoms with Gasteiger partial charge in [-0.15, -0.1) is 0 Å². The lowest BCUT2D eigenvalue weighted by atomic mass is 10.3. The van der Waals surface area contributed by atoms with Gasteiger partial charge in [-0.25, -0.2) is 0 Å². The molecule has 4 nitrogen and oxygen atoms in total. The Hall–Kier alpha value is -0.610. The second kappa shape index (κ2) is 8.53. The number of hydrogen-bond acceptors (Lipinski definition) is 3. The van der Waals surface area contributed by atoms with Crippen LogP contribution >= 0.6 is 0 Å². The Bertz CT molecular complexity index is 191. The predicted molar refractivity (Wildman–Crippen MR) is 64.4 cm³/mol. The predicted octanol–water partition coefficient (Wildman–Crippen LogP) is 1.02. The van der Waals surface area contributed by atoms with Crippen molar-refractivity contribution in [1.29, 1.82) is 0 Å². The molecular weight excluding hydrogens is 204 g/mol. The van der Waals surface area contributed by atoms with E-state index in [2.05, 4.69) is 12.2 Å². The van der Waals surface area contributed by atoms with Gasteiger partial charge in [-0.05, 0) is 6.42 Å². The van der Waals surface area contributed by atoms with Crippen molar-refractivity contribution in [2.45, 2.75) is 32.6 Å². The van der Waals surface area contributed by atoms with Gasteiger partial charge in [0.25, 0.3) is 0 Å². The first-order chi connectivity index (χ1) is 7.84. The third-order valence-electron chi connectivity index (χ3n) is 2.82. The maximum absolute atomic E-state index is 11.7. The highest BCUT2D eigenvalue weighted by molar-refractivity contribution is 5.76. The van der Waals surface area contributed by atoms with E-state index in [1.54, 1.807) is 0 Å². The zero-order chi connectivity index (χ0) is 11.6. The van der Waals surface area contributed by atoms with Gasteiger partial charge in [-0.3, -0.25) is 4.79 Å². The number of nitrogens with one attached hydrogen (secondary N) is 1. The third kappa shape index (κ3) is 5.47. The van der Waals surface area contributed by atoms with Crippen molar-refractivity contribution >= 4 is 5.91 Å². The average Bonchev–Trinajstić information content (AvgIpc) is 2.34. The molecule has 0 bridgehead atoms. The maximum atomic E-state index is 11.7. The molecule has 1 saturated heterocycles.